The van der Waals surface area contributed by atoms with E-state index in [2.05, 4.69) is 10.0 Å². The van der Waals surface area contributed by atoms with Gasteiger partial charge in [0.25, 0.3) is 0 Å². The van der Waals surface area contributed by atoms with Crippen molar-refractivity contribution in [2.45, 2.75) is 6.42 Å². The van der Waals surface area contributed by atoms with Gasteiger partial charge in [-0.1, -0.05) is 17.3 Å². The highest BCUT2D eigenvalue weighted by atomic mass is 19.1. The highest BCUT2D eigenvalue weighted by Crippen LogP contribution is 2.18. The van der Waals surface area contributed by atoms with Crippen molar-refractivity contribution in [1.29, 1.82) is 0 Å². The molecule has 0 saturated heterocycles. The van der Waals surface area contributed by atoms with Gasteiger partial charge in [0, 0.05) is 17.0 Å². The Kier molecular flexibility index (Phi) is 4.83. The van der Waals surface area contributed by atoms with Crippen LogP contribution in [0, 0.1) is 11.6 Å². The van der Waals surface area contributed by atoms with Crippen LogP contribution in [-0.4, -0.2) is 17.6 Å². The summed E-state index contributed by atoms with van der Waals surface area (Å²) < 4.78 is 26.7. The number of carbonyl (C=O) groups is 1. The lowest BCUT2D eigenvalue weighted by Gasteiger charge is -2.02. The summed E-state index contributed by atoms with van der Waals surface area (Å²) in [6, 6.07) is 2.03. The Morgan fingerprint density at radius 1 is 1.50 bits per heavy atom. The van der Waals surface area contributed by atoms with E-state index < -0.39 is 23.2 Å². The molecule has 0 spiro atoms. The lowest BCUT2D eigenvalue weighted by atomic mass is 10.1. The molecule has 0 fully saturated rings. The molecule has 0 aliphatic carbocycles. The minimum Gasteiger partial charge on any atom is -0.477 e. The molecule has 0 bridgehead atoms. The minimum atomic E-state index is -1.66. The van der Waals surface area contributed by atoms with Gasteiger partial charge in [-0.15, -0.1) is 0 Å². The molecule has 0 saturated carbocycles. The molecule has 94 valence electrons. The molecule has 18 heavy (non-hydrogen) atoms. The average molecular weight is 253 g/mol. The Hall–Kier alpha value is -2.40. The Morgan fingerprint density at radius 3 is 2.83 bits per heavy atom. The normalized spacial score (nSPS) is 10.3. The zero-order valence-electron chi connectivity index (χ0n) is 9.18. The van der Waals surface area contributed by atoms with Gasteiger partial charge in [0.2, 0.25) is 0 Å². The molecule has 1 N–H and O–H groups in total. The fraction of sp³-hybridized carbons (Fsp3) is 0.182. The summed E-state index contributed by atoms with van der Waals surface area (Å²) in [6.07, 6.45) is 3.20. The summed E-state index contributed by atoms with van der Waals surface area (Å²) in [7, 11) is 0. The number of hydrogen-bond acceptors (Lipinski definition) is 2. The summed E-state index contributed by atoms with van der Waals surface area (Å²) in [6.45, 7) is 0.210. The van der Waals surface area contributed by atoms with Crippen LogP contribution in [0.1, 0.15) is 22.3 Å². The maximum Gasteiger partial charge on any atom is 0.341 e. The molecule has 0 heterocycles. The molecule has 1 aromatic carbocycles. The number of carboxylic acid groups (broad SMARTS) is 1. The second-order valence-corrected chi connectivity index (χ2v) is 3.28. The molecule has 0 unspecified atom stereocenters. The molecule has 5 nitrogen and oxygen atoms in total. The van der Waals surface area contributed by atoms with Crippen molar-refractivity contribution in [1.82, 2.24) is 0 Å². The first-order valence-corrected chi connectivity index (χ1v) is 4.96. The predicted molar refractivity (Wildman–Crippen MR) is 61.0 cm³/mol. The number of aromatic carboxylic acids is 1. The number of benzene rings is 1. The first kappa shape index (κ1) is 13.7. The van der Waals surface area contributed by atoms with Crippen LogP contribution >= 0.6 is 0 Å². The van der Waals surface area contributed by atoms with Crippen molar-refractivity contribution in [2.24, 2.45) is 5.11 Å². The van der Waals surface area contributed by atoms with Crippen LogP contribution in [0.15, 0.2) is 23.3 Å². The highest BCUT2D eigenvalue weighted by Gasteiger charge is 2.18. The standard InChI is InChI=1S/C11H9F2N3O2/c12-8-5-4-7(3-1-2-6-15-16-14)10(13)9(8)11(17)18/h1,3-5H,2,6H2,(H,17,18). The molecule has 0 amide bonds. The van der Waals surface area contributed by atoms with E-state index in [9.17, 15) is 13.6 Å². The third kappa shape index (κ3) is 3.29. The van der Waals surface area contributed by atoms with E-state index in [1.54, 1.807) is 0 Å². The van der Waals surface area contributed by atoms with E-state index in [0.717, 1.165) is 12.1 Å². The van der Waals surface area contributed by atoms with E-state index >= 15 is 0 Å². The molecule has 7 heteroatoms. The molecule has 0 atom stereocenters. The summed E-state index contributed by atoms with van der Waals surface area (Å²) in [4.78, 5) is 13.2. The van der Waals surface area contributed by atoms with Crippen molar-refractivity contribution in [3.63, 3.8) is 0 Å². The van der Waals surface area contributed by atoms with Crippen molar-refractivity contribution in [3.8, 4) is 0 Å². The topological polar surface area (TPSA) is 86.1 Å². The maximum atomic E-state index is 13.6. The van der Waals surface area contributed by atoms with Crippen LogP contribution in [0.3, 0.4) is 0 Å². The molecule has 0 aromatic heterocycles. The fourth-order valence-corrected chi connectivity index (χ4v) is 1.28. The van der Waals surface area contributed by atoms with Crippen molar-refractivity contribution in [3.05, 3.63) is 51.4 Å². The van der Waals surface area contributed by atoms with Gasteiger partial charge in [-0.25, -0.2) is 13.6 Å². The van der Waals surface area contributed by atoms with Crippen LogP contribution < -0.4 is 0 Å². The highest BCUT2D eigenvalue weighted by molar-refractivity contribution is 5.89. The van der Waals surface area contributed by atoms with Crippen LogP contribution in [-0.2, 0) is 0 Å². The summed E-state index contributed by atoms with van der Waals surface area (Å²) in [5.41, 5.74) is 7.01. The summed E-state index contributed by atoms with van der Waals surface area (Å²) >= 11 is 0. The Labute approximate surface area is 101 Å². The molecule has 1 aromatic rings. The maximum absolute atomic E-state index is 13.6. The number of azide groups is 1. The number of carboxylic acids is 1. The van der Waals surface area contributed by atoms with E-state index in [-0.39, 0.29) is 12.1 Å². The van der Waals surface area contributed by atoms with E-state index in [4.69, 9.17) is 10.6 Å². The Balaban J connectivity index is 2.94. The minimum absolute atomic E-state index is 0.0327. The third-order valence-electron chi connectivity index (χ3n) is 2.09. The van der Waals surface area contributed by atoms with E-state index in [0.29, 0.717) is 6.42 Å². The van der Waals surface area contributed by atoms with Crippen LogP contribution in [0.25, 0.3) is 16.5 Å². The van der Waals surface area contributed by atoms with Gasteiger partial charge in [0.1, 0.15) is 17.2 Å². The fourth-order valence-electron chi connectivity index (χ4n) is 1.28. The van der Waals surface area contributed by atoms with Gasteiger partial charge in [0.15, 0.2) is 0 Å². The van der Waals surface area contributed by atoms with Gasteiger partial charge in [-0.3, -0.25) is 0 Å². The van der Waals surface area contributed by atoms with E-state index in [1.807, 2.05) is 0 Å². The number of hydrogen-bond donors (Lipinski definition) is 1. The summed E-state index contributed by atoms with van der Waals surface area (Å²) in [5.74, 6) is -3.90. The SMILES string of the molecule is [N-]=[N+]=NCCC=Cc1ccc(F)c(C(=O)O)c1F. The van der Waals surface area contributed by atoms with Crippen molar-refractivity contribution >= 4 is 12.0 Å². The quantitative estimate of drug-likeness (QED) is 0.377. The van der Waals surface area contributed by atoms with Crippen LogP contribution in [0.4, 0.5) is 8.78 Å². The Morgan fingerprint density at radius 2 is 2.22 bits per heavy atom. The number of halogens is 2. The number of nitrogens with zero attached hydrogens (tertiary/aromatic N) is 3. The monoisotopic (exact) mass is 253 g/mol. The number of rotatable bonds is 5. The predicted octanol–water partition coefficient (Wildman–Crippen LogP) is 3.38. The third-order valence-corrected chi connectivity index (χ3v) is 2.09. The van der Waals surface area contributed by atoms with Gasteiger partial charge in [-0.2, -0.15) is 0 Å². The van der Waals surface area contributed by atoms with Gasteiger partial charge in [-0.05, 0) is 24.1 Å². The smallest absolute Gasteiger partial charge is 0.341 e. The second-order valence-electron chi connectivity index (χ2n) is 3.28. The molecule has 0 aliphatic rings. The Bertz CT molecular complexity index is 537. The summed E-state index contributed by atoms with van der Waals surface area (Å²) in [5, 5.41) is 11.9. The molecular formula is C11H9F2N3O2. The lowest BCUT2D eigenvalue weighted by molar-refractivity contribution is 0.0686. The van der Waals surface area contributed by atoms with Gasteiger partial charge in [0.05, 0.1) is 0 Å². The van der Waals surface area contributed by atoms with Crippen LogP contribution in [0.5, 0.6) is 0 Å². The zero-order chi connectivity index (χ0) is 13.5. The first-order valence-electron chi connectivity index (χ1n) is 4.96. The van der Waals surface area contributed by atoms with Crippen LogP contribution in [0.2, 0.25) is 0 Å². The lowest BCUT2D eigenvalue weighted by Crippen LogP contribution is -2.05. The molecule has 0 radical (unpaired) electrons. The molecule has 1 rings (SSSR count). The zero-order valence-corrected chi connectivity index (χ0v) is 9.18. The van der Waals surface area contributed by atoms with Gasteiger partial charge >= 0.3 is 5.97 Å². The first-order chi connectivity index (χ1) is 8.57. The van der Waals surface area contributed by atoms with E-state index in [1.165, 1.54) is 12.2 Å². The van der Waals surface area contributed by atoms with Crippen molar-refractivity contribution in [2.75, 3.05) is 6.54 Å². The molecular weight excluding hydrogens is 244 g/mol. The van der Waals surface area contributed by atoms with Crippen molar-refractivity contribution < 1.29 is 18.7 Å². The second kappa shape index (κ2) is 6.36. The van der Waals surface area contributed by atoms with Gasteiger partial charge < -0.3 is 5.11 Å². The largest absolute Gasteiger partial charge is 0.477 e. The molecule has 0 aliphatic heterocycles. The average Bonchev–Trinajstić information content (AvgIpc) is 2.31.